The molecule has 1 aliphatic heterocycles. The number of morpholine rings is 1. The van der Waals surface area contributed by atoms with E-state index in [1.165, 1.54) is 5.56 Å². The van der Waals surface area contributed by atoms with Crippen molar-refractivity contribution in [3.63, 3.8) is 0 Å². The molecule has 0 saturated carbocycles. The number of aliphatic hydroxyl groups is 1. The van der Waals surface area contributed by atoms with Gasteiger partial charge >= 0.3 is 0 Å². The molecule has 0 aromatic heterocycles. The zero-order chi connectivity index (χ0) is 16.5. The molecule has 1 saturated heterocycles. The molecule has 1 heterocycles. The minimum atomic E-state index is 0.131. The smallest absolute Gasteiger partial charge is 0.0604 e. The first-order valence-corrected chi connectivity index (χ1v) is 8.61. The maximum absolute atomic E-state index is 8.88. The Morgan fingerprint density at radius 3 is 2.57 bits per heavy atom. The van der Waals surface area contributed by atoms with Crippen LogP contribution >= 0.6 is 0 Å². The molecule has 1 aromatic carbocycles. The lowest BCUT2D eigenvalue weighted by Gasteiger charge is -2.45. The summed E-state index contributed by atoms with van der Waals surface area (Å²) in [5, 5.41) is 12.1. The summed E-state index contributed by atoms with van der Waals surface area (Å²) in [4.78, 5) is 2.58. The molecule has 0 radical (unpaired) electrons. The Morgan fingerprint density at radius 2 is 2.00 bits per heavy atom. The molecule has 0 spiro atoms. The lowest BCUT2D eigenvalue weighted by molar-refractivity contribution is -0.0238. The third-order valence-corrected chi connectivity index (χ3v) is 4.79. The van der Waals surface area contributed by atoms with Crippen LogP contribution in [0.25, 0.3) is 0 Å². The van der Waals surface area contributed by atoms with Crippen LogP contribution in [0.1, 0.15) is 25.3 Å². The Balaban J connectivity index is 2.11. The van der Waals surface area contributed by atoms with Gasteiger partial charge in [-0.25, -0.2) is 0 Å². The van der Waals surface area contributed by atoms with E-state index in [2.05, 4.69) is 54.1 Å². The predicted molar refractivity (Wildman–Crippen MR) is 95.9 cm³/mol. The molecule has 1 aromatic rings. The van der Waals surface area contributed by atoms with Crippen molar-refractivity contribution in [2.24, 2.45) is 0 Å². The molecule has 0 bridgehead atoms. The monoisotopic (exact) mass is 318 g/mol. The fourth-order valence-corrected chi connectivity index (χ4v) is 3.43. The quantitative estimate of drug-likeness (QED) is 0.687. The maximum atomic E-state index is 8.88. The van der Waals surface area contributed by atoms with E-state index >= 15 is 0 Å². The summed E-state index contributed by atoms with van der Waals surface area (Å²) in [6.07, 6.45) is 5.17. The SMILES string of the molecule is C=CCC(CC)(Cc1ccc(NCCO)cc1)N1CCOCC1. The van der Waals surface area contributed by atoms with Gasteiger partial charge in [0.25, 0.3) is 0 Å². The zero-order valence-electron chi connectivity index (χ0n) is 14.3. The zero-order valence-corrected chi connectivity index (χ0v) is 14.3. The van der Waals surface area contributed by atoms with Gasteiger partial charge in [-0.05, 0) is 37.0 Å². The number of anilines is 1. The Bertz CT molecular complexity index is 469. The van der Waals surface area contributed by atoms with Gasteiger partial charge in [-0.15, -0.1) is 6.58 Å². The third kappa shape index (κ3) is 4.80. The summed E-state index contributed by atoms with van der Waals surface area (Å²) < 4.78 is 5.52. The van der Waals surface area contributed by atoms with Gasteiger partial charge < -0.3 is 15.2 Å². The highest BCUT2D eigenvalue weighted by molar-refractivity contribution is 5.44. The molecule has 0 aliphatic carbocycles. The minimum absolute atomic E-state index is 0.131. The number of nitrogens with zero attached hydrogens (tertiary/aromatic N) is 1. The average molecular weight is 318 g/mol. The van der Waals surface area contributed by atoms with E-state index < -0.39 is 0 Å². The average Bonchev–Trinajstić information content (AvgIpc) is 2.61. The summed E-state index contributed by atoms with van der Waals surface area (Å²) in [5.74, 6) is 0. The van der Waals surface area contributed by atoms with Gasteiger partial charge in [0.2, 0.25) is 0 Å². The van der Waals surface area contributed by atoms with Gasteiger partial charge in [0.05, 0.1) is 19.8 Å². The van der Waals surface area contributed by atoms with Crippen LogP contribution in [-0.2, 0) is 11.2 Å². The topological polar surface area (TPSA) is 44.7 Å². The van der Waals surface area contributed by atoms with Crippen molar-refractivity contribution in [1.29, 1.82) is 0 Å². The number of aliphatic hydroxyl groups excluding tert-OH is 1. The Kier molecular flexibility index (Phi) is 7.09. The van der Waals surface area contributed by atoms with Crippen LogP contribution in [-0.4, -0.2) is 55.0 Å². The molecule has 1 fully saturated rings. The maximum Gasteiger partial charge on any atom is 0.0604 e. The molecule has 1 atom stereocenters. The molecule has 2 rings (SSSR count). The molecule has 1 unspecified atom stereocenters. The number of hydrogen-bond acceptors (Lipinski definition) is 4. The van der Waals surface area contributed by atoms with E-state index in [1.807, 2.05) is 0 Å². The normalized spacial score (nSPS) is 18.3. The van der Waals surface area contributed by atoms with E-state index in [-0.39, 0.29) is 12.1 Å². The van der Waals surface area contributed by atoms with E-state index in [0.717, 1.165) is 51.3 Å². The Labute approximate surface area is 140 Å². The highest BCUT2D eigenvalue weighted by Gasteiger charge is 2.34. The van der Waals surface area contributed by atoms with E-state index in [9.17, 15) is 0 Å². The van der Waals surface area contributed by atoms with Crippen LogP contribution in [0.2, 0.25) is 0 Å². The van der Waals surface area contributed by atoms with Gasteiger partial charge in [-0.2, -0.15) is 0 Å². The molecule has 23 heavy (non-hydrogen) atoms. The van der Waals surface area contributed by atoms with E-state index in [0.29, 0.717) is 6.54 Å². The molecule has 128 valence electrons. The number of ether oxygens (including phenoxy) is 1. The van der Waals surface area contributed by atoms with Crippen molar-refractivity contribution in [2.45, 2.75) is 31.7 Å². The summed E-state index contributed by atoms with van der Waals surface area (Å²) >= 11 is 0. The van der Waals surface area contributed by atoms with Crippen molar-refractivity contribution < 1.29 is 9.84 Å². The Morgan fingerprint density at radius 1 is 1.30 bits per heavy atom. The van der Waals surface area contributed by atoms with Crippen LogP contribution in [0.4, 0.5) is 5.69 Å². The third-order valence-electron chi connectivity index (χ3n) is 4.79. The number of hydrogen-bond donors (Lipinski definition) is 2. The number of rotatable bonds is 9. The molecule has 2 N–H and O–H groups in total. The standard InChI is InChI=1S/C19H30N2O2/c1-3-9-19(4-2,21-11-14-23-15-12-21)16-17-5-7-18(8-6-17)20-10-13-22/h3,5-8,20,22H,1,4,9-16H2,2H3. The lowest BCUT2D eigenvalue weighted by Crippen LogP contribution is -2.54. The number of nitrogens with one attached hydrogen (secondary N) is 1. The van der Waals surface area contributed by atoms with Crippen LogP contribution in [0, 0.1) is 0 Å². The van der Waals surface area contributed by atoms with Crippen molar-refractivity contribution >= 4 is 5.69 Å². The summed E-state index contributed by atoms with van der Waals surface area (Å²) in [6, 6.07) is 8.57. The summed E-state index contributed by atoms with van der Waals surface area (Å²) in [6.45, 7) is 10.6. The largest absolute Gasteiger partial charge is 0.395 e. The van der Waals surface area contributed by atoms with Gasteiger partial charge in [-0.3, -0.25) is 4.90 Å². The van der Waals surface area contributed by atoms with Crippen LogP contribution in [0.5, 0.6) is 0 Å². The first-order chi connectivity index (χ1) is 11.2. The molecule has 4 heteroatoms. The second-order valence-electron chi connectivity index (χ2n) is 6.19. The highest BCUT2D eigenvalue weighted by Crippen LogP contribution is 2.30. The first kappa shape index (κ1) is 18.0. The van der Waals surface area contributed by atoms with Crippen LogP contribution in [0.3, 0.4) is 0 Å². The highest BCUT2D eigenvalue weighted by atomic mass is 16.5. The first-order valence-electron chi connectivity index (χ1n) is 8.61. The van der Waals surface area contributed by atoms with Gasteiger partial charge in [0.15, 0.2) is 0 Å². The van der Waals surface area contributed by atoms with Gasteiger partial charge in [-0.1, -0.05) is 25.1 Å². The lowest BCUT2D eigenvalue weighted by atomic mass is 9.83. The van der Waals surface area contributed by atoms with Crippen molar-refractivity contribution in [1.82, 2.24) is 4.90 Å². The number of benzene rings is 1. The van der Waals surface area contributed by atoms with Crippen molar-refractivity contribution in [3.8, 4) is 0 Å². The van der Waals surface area contributed by atoms with Crippen LogP contribution in [0.15, 0.2) is 36.9 Å². The predicted octanol–water partition coefficient (Wildman–Crippen LogP) is 2.69. The van der Waals surface area contributed by atoms with Gasteiger partial charge in [0.1, 0.15) is 0 Å². The second kappa shape index (κ2) is 9.06. The van der Waals surface area contributed by atoms with E-state index in [1.54, 1.807) is 0 Å². The molecule has 1 aliphatic rings. The molecular weight excluding hydrogens is 288 g/mol. The summed E-state index contributed by atoms with van der Waals surface area (Å²) in [7, 11) is 0. The van der Waals surface area contributed by atoms with Crippen molar-refractivity contribution in [3.05, 3.63) is 42.5 Å². The fraction of sp³-hybridized carbons (Fsp3) is 0.579. The van der Waals surface area contributed by atoms with Crippen LogP contribution < -0.4 is 5.32 Å². The second-order valence-corrected chi connectivity index (χ2v) is 6.19. The Hall–Kier alpha value is -1.36. The van der Waals surface area contributed by atoms with Gasteiger partial charge in [0, 0.05) is 30.9 Å². The van der Waals surface area contributed by atoms with Crippen molar-refractivity contribution in [2.75, 3.05) is 44.8 Å². The molecular formula is C19H30N2O2. The fourth-order valence-electron chi connectivity index (χ4n) is 3.43. The molecule has 0 amide bonds. The molecule has 4 nitrogen and oxygen atoms in total. The van der Waals surface area contributed by atoms with E-state index in [4.69, 9.17) is 9.84 Å². The minimum Gasteiger partial charge on any atom is -0.395 e. The summed E-state index contributed by atoms with van der Waals surface area (Å²) in [5.41, 5.74) is 2.53.